The van der Waals surface area contributed by atoms with Crippen LogP contribution in [0.3, 0.4) is 0 Å². The molecule has 0 amide bonds. The van der Waals surface area contributed by atoms with Crippen LogP contribution in [0.2, 0.25) is 0 Å². The fourth-order valence-electron chi connectivity index (χ4n) is 3.23. The fraction of sp³-hybridized carbons (Fsp3) is 0.0769. The maximum Gasteiger partial charge on any atom is 0.363 e. The lowest BCUT2D eigenvalue weighted by molar-refractivity contribution is -0.129. The SMILES string of the molecule is C=CCOc1c(Br)cc(/C=C2\N=C(c3ccc(-c4ccccc4)cc3)OC2=O)cc1OC. The van der Waals surface area contributed by atoms with Crippen LogP contribution in [0.1, 0.15) is 11.1 Å². The summed E-state index contributed by atoms with van der Waals surface area (Å²) in [6.45, 7) is 4.00. The number of aliphatic imine (C=N–C) groups is 1. The Bertz CT molecular complexity index is 1210. The van der Waals surface area contributed by atoms with Gasteiger partial charge in [-0.15, -0.1) is 0 Å². The Morgan fingerprint density at radius 1 is 1.03 bits per heavy atom. The molecule has 5 nitrogen and oxygen atoms in total. The molecule has 6 heteroatoms. The molecular weight excluding hydrogens is 470 g/mol. The van der Waals surface area contributed by atoms with Crippen LogP contribution in [0, 0.1) is 0 Å². The minimum Gasteiger partial charge on any atom is -0.493 e. The molecule has 0 bridgehead atoms. The van der Waals surface area contributed by atoms with Gasteiger partial charge < -0.3 is 14.2 Å². The van der Waals surface area contributed by atoms with Gasteiger partial charge in [0.2, 0.25) is 5.90 Å². The molecule has 0 aliphatic carbocycles. The number of methoxy groups -OCH3 is 1. The zero-order valence-corrected chi connectivity index (χ0v) is 19.0. The smallest absolute Gasteiger partial charge is 0.363 e. The third-order valence-electron chi connectivity index (χ3n) is 4.76. The molecule has 32 heavy (non-hydrogen) atoms. The van der Waals surface area contributed by atoms with Crippen molar-refractivity contribution in [2.75, 3.05) is 13.7 Å². The van der Waals surface area contributed by atoms with Crippen LogP contribution in [0.5, 0.6) is 11.5 Å². The highest BCUT2D eigenvalue weighted by Gasteiger charge is 2.24. The molecule has 0 fully saturated rings. The van der Waals surface area contributed by atoms with E-state index in [1.807, 2.05) is 60.7 Å². The fourth-order valence-corrected chi connectivity index (χ4v) is 3.81. The van der Waals surface area contributed by atoms with E-state index in [-0.39, 0.29) is 11.6 Å². The second-order valence-corrected chi connectivity index (χ2v) is 7.77. The quantitative estimate of drug-likeness (QED) is 0.231. The Labute approximate surface area is 194 Å². The molecule has 0 saturated heterocycles. The average molecular weight is 490 g/mol. The van der Waals surface area contributed by atoms with Crippen molar-refractivity contribution in [3.05, 3.63) is 101 Å². The predicted octanol–water partition coefficient (Wildman–Crippen LogP) is 6.03. The van der Waals surface area contributed by atoms with Gasteiger partial charge in [-0.1, -0.05) is 55.1 Å². The largest absolute Gasteiger partial charge is 0.493 e. The van der Waals surface area contributed by atoms with E-state index < -0.39 is 5.97 Å². The van der Waals surface area contributed by atoms with Gasteiger partial charge in [0, 0.05) is 5.56 Å². The summed E-state index contributed by atoms with van der Waals surface area (Å²) in [5, 5.41) is 0. The number of benzene rings is 3. The van der Waals surface area contributed by atoms with Gasteiger partial charge in [0.05, 0.1) is 11.6 Å². The third-order valence-corrected chi connectivity index (χ3v) is 5.35. The summed E-state index contributed by atoms with van der Waals surface area (Å²) < 4.78 is 17.2. The van der Waals surface area contributed by atoms with Crippen molar-refractivity contribution in [2.24, 2.45) is 4.99 Å². The number of nitrogens with zero attached hydrogens (tertiary/aromatic N) is 1. The predicted molar refractivity (Wildman–Crippen MR) is 129 cm³/mol. The molecular formula is C26H20BrNO4. The van der Waals surface area contributed by atoms with Crippen molar-refractivity contribution in [1.29, 1.82) is 0 Å². The highest BCUT2D eigenvalue weighted by Crippen LogP contribution is 2.37. The molecule has 0 aromatic heterocycles. The summed E-state index contributed by atoms with van der Waals surface area (Å²) >= 11 is 3.49. The molecule has 1 heterocycles. The van der Waals surface area contributed by atoms with Gasteiger partial charge in [0.1, 0.15) is 6.61 Å². The molecule has 0 saturated carbocycles. The number of hydrogen-bond acceptors (Lipinski definition) is 5. The molecule has 0 N–H and O–H groups in total. The first kappa shape index (κ1) is 21.6. The van der Waals surface area contributed by atoms with Crippen LogP contribution >= 0.6 is 15.9 Å². The van der Waals surface area contributed by atoms with Crippen molar-refractivity contribution in [3.63, 3.8) is 0 Å². The average Bonchev–Trinajstić information content (AvgIpc) is 3.18. The molecule has 160 valence electrons. The van der Waals surface area contributed by atoms with E-state index in [9.17, 15) is 4.79 Å². The van der Waals surface area contributed by atoms with Crippen LogP contribution in [0.25, 0.3) is 17.2 Å². The molecule has 0 spiro atoms. The minimum atomic E-state index is -0.505. The van der Waals surface area contributed by atoms with Crippen molar-refractivity contribution in [3.8, 4) is 22.6 Å². The standard InChI is InChI=1S/C26H20BrNO4/c1-3-13-31-24-21(27)14-17(16-23(24)30-2)15-22-26(29)32-25(28-22)20-11-9-19(10-12-20)18-7-5-4-6-8-18/h3-12,14-16H,1,13H2,2H3/b22-15-. The first-order chi connectivity index (χ1) is 15.6. The first-order valence-corrected chi connectivity index (χ1v) is 10.7. The summed E-state index contributed by atoms with van der Waals surface area (Å²) in [6.07, 6.45) is 3.30. The van der Waals surface area contributed by atoms with Crippen molar-refractivity contribution >= 4 is 33.9 Å². The van der Waals surface area contributed by atoms with Gasteiger partial charge in [0.15, 0.2) is 17.2 Å². The molecule has 1 aliphatic heterocycles. The van der Waals surface area contributed by atoms with Gasteiger partial charge in [-0.3, -0.25) is 0 Å². The number of cyclic esters (lactones) is 1. The molecule has 0 atom stereocenters. The summed E-state index contributed by atoms with van der Waals surface area (Å²) in [4.78, 5) is 16.8. The summed E-state index contributed by atoms with van der Waals surface area (Å²) in [5.74, 6) is 0.860. The van der Waals surface area contributed by atoms with E-state index in [1.165, 1.54) is 0 Å². The first-order valence-electron chi connectivity index (χ1n) is 9.88. The van der Waals surface area contributed by atoms with Gasteiger partial charge in [0.25, 0.3) is 0 Å². The van der Waals surface area contributed by atoms with Gasteiger partial charge in [-0.2, -0.15) is 0 Å². The lowest BCUT2D eigenvalue weighted by atomic mass is 10.0. The minimum absolute atomic E-state index is 0.209. The molecule has 4 rings (SSSR count). The van der Waals surface area contributed by atoms with E-state index in [2.05, 4.69) is 27.5 Å². The number of rotatable bonds is 7. The van der Waals surface area contributed by atoms with Crippen molar-refractivity contribution in [1.82, 2.24) is 0 Å². The summed E-state index contributed by atoms with van der Waals surface area (Å²) in [6, 6.07) is 21.4. The molecule has 0 unspecified atom stereocenters. The monoisotopic (exact) mass is 489 g/mol. The zero-order chi connectivity index (χ0) is 22.5. The van der Waals surface area contributed by atoms with Crippen LogP contribution in [0.15, 0.2) is 94.5 Å². The van der Waals surface area contributed by atoms with E-state index in [4.69, 9.17) is 14.2 Å². The van der Waals surface area contributed by atoms with Crippen LogP contribution < -0.4 is 9.47 Å². The third kappa shape index (κ3) is 4.65. The topological polar surface area (TPSA) is 57.1 Å². The molecule has 1 aliphatic rings. The second kappa shape index (κ2) is 9.66. The van der Waals surface area contributed by atoms with Crippen molar-refractivity contribution < 1.29 is 19.0 Å². The van der Waals surface area contributed by atoms with E-state index in [1.54, 1.807) is 25.3 Å². The highest BCUT2D eigenvalue weighted by molar-refractivity contribution is 9.10. The number of halogens is 1. The maximum absolute atomic E-state index is 12.4. The van der Waals surface area contributed by atoms with E-state index >= 15 is 0 Å². The molecule has 0 radical (unpaired) electrons. The highest BCUT2D eigenvalue weighted by atomic mass is 79.9. The summed E-state index contributed by atoms with van der Waals surface area (Å²) in [7, 11) is 1.55. The number of carbonyl (C=O) groups is 1. The maximum atomic E-state index is 12.4. The van der Waals surface area contributed by atoms with Gasteiger partial charge in [-0.05, 0) is 63.0 Å². The van der Waals surface area contributed by atoms with Crippen LogP contribution in [-0.2, 0) is 9.53 Å². The number of hydrogen-bond donors (Lipinski definition) is 0. The Morgan fingerprint density at radius 2 is 1.72 bits per heavy atom. The van der Waals surface area contributed by atoms with Crippen LogP contribution in [0.4, 0.5) is 0 Å². The Kier molecular flexibility index (Phi) is 6.52. The molecule has 3 aromatic rings. The van der Waals surface area contributed by atoms with E-state index in [0.717, 1.165) is 22.3 Å². The molecule has 3 aromatic carbocycles. The van der Waals surface area contributed by atoms with Crippen LogP contribution in [-0.4, -0.2) is 25.6 Å². The lowest BCUT2D eigenvalue weighted by Crippen LogP contribution is -2.05. The van der Waals surface area contributed by atoms with E-state index in [0.29, 0.717) is 22.6 Å². The van der Waals surface area contributed by atoms with Crippen molar-refractivity contribution in [2.45, 2.75) is 0 Å². The normalized spacial score (nSPS) is 14.1. The van der Waals surface area contributed by atoms with Gasteiger partial charge in [-0.25, -0.2) is 9.79 Å². The summed E-state index contributed by atoms with van der Waals surface area (Å²) in [5.41, 5.74) is 3.85. The number of ether oxygens (including phenoxy) is 3. The number of carbonyl (C=O) groups excluding carboxylic acids is 1. The zero-order valence-electron chi connectivity index (χ0n) is 17.4. The lowest BCUT2D eigenvalue weighted by Gasteiger charge is -2.12. The Balaban J connectivity index is 1.60. The number of esters is 1. The van der Waals surface area contributed by atoms with Gasteiger partial charge >= 0.3 is 5.97 Å². The second-order valence-electron chi connectivity index (χ2n) is 6.91. The Hall–Kier alpha value is -3.64. The Morgan fingerprint density at radius 3 is 2.41 bits per heavy atom.